The molecule has 0 aromatic heterocycles. The molecule has 0 unspecified atom stereocenters. The zero-order valence-corrected chi connectivity index (χ0v) is 7.52. The molecule has 3 heteroatoms. The maximum Gasteiger partial charge on any atom is 0.224 e. The third-order valence-electron chi connectivity index (χ3n) is 2.86. The van der Waals surface area contributed by atoms with Gasteiger partial charge in [-0.05, 0) is 32.7 Å². The molecule has 12 heavy (non-hydrogen) atoms. The van der Waals surface area contributed by atoms with Crippen molar-refractivity contribution >= 4 is 5.91 Å². The Hall–Kier alpha value is -0.570. The van der Waals surface area contributed by atoms with Crippen molar-refractivity contribution < 1.29 is 4.79 Å². The number of carbonyl (C=O) groups excluding carboxylic acids is 1. The lowest BCUT2D eigenvalue weighted by Gasteiger charge is -2.14. The summed E-state index contributed by atoms with van der Waals surface area (Å²) in [6.07, 6.45) is 3.31. The topological polar surface area (TPSA) is 41.1 Å². The average Bonchev–Trinajstić information content (AvgIpc) is 2.55. The van der Waals surface area contributed by atoms with Crippen molar-refractivity contribution in [3.05, 3.63) is 0 Å². The lowest BCUT2D eigenvalue weighted by Crippen LogP contribution is -2.39. The Morgan fingerprint density at radius 3 is 2.83 bits per heavy atom. The minimum Gasteiger partial charge on any atom is -0.351 e. The molecule has 3 nitrogen and oxygen atoms in total. The van der Waals surface area contributed by atoms with Crippen LogP contribution < -0.4 is 10.6 Å². The van der Waals surface area contributed by atoms with Gasteiger partial charge in [0.25, 0.3) is 0 Å². The fourth-order valence-electron chi connectivity index (χ4n) is 1.59. The first-order valence-corrected chi connectivity index (χ1v) is 4.72. The van der Waals surface area contributed by atoms with Crippen LogP contribution in [-0.2, 0) is 4.79 Å². The van der Waals surface area contributed by atoms with Crippen LogP contribution in [0.5, 0.6) is 0 Å². The van der Waals surface area contributed by atoms with Crippen molar-refractivity contribution in [1.82, 2.24) is 10.6 Å². The summed E-state index contributed by atoms with van der Waals surface area (Å²) < 4.78 is 0. The molecule has 1 aliphatic carbocycles. The van der Waals surface area contributed by atoms with Crippen LogP contribution in [0.15, 0.2) is 0 Å². The van der Waals surface area contributed by atoms with E-state index in [1.165, 1.54) is 0 Å². The maximum atomic E-state index is 11.5. The van der Waals surface area contributed by atoms with Crippen molar-refractivity contribution in [2.45, 2.75) is 31.7 Å². The summed E-state index contributed by atoms with van der Waals surface area (Å²) in [7, 11) is 0. The van der Waals surface area contributed by atoms with Gasteiger partial charge < -0.3 is 10.6 Å². The second-order valence-electron chi connectivity index (χ2n) is 4.24. The van der Waals surface area contributed by atoms with Gasteiger partial charge in [-0.2, -0.15) is 0 Å². The molecular formula is C9H16N2O. The largest absolute Gasteiger partial charge is 0.351 e. The minimum atomic E-state index is 0.152. The summed E-state index contributed by atoms with van der Waals surface area (Å²) in [6, 6.07) is 0. The standard InChI is InChI=1S/C9H16N2O/c1-9(3-4-9)11-8(12)7-2-5-10-6-7/h7,10H,2-6H2,1H3,(H,11,12)/t7-/m0/s1. The van der Waals surface area contributed by atoms with Gasteiger partial charge in [-0.15, -0.1) is 0 Å². The van der Waals surface area contributed by atoms with E-state index in [4.69, 9.17) is 0 Å². The van der Waals surface area contributed by atoms with E-state index < -0.39 is 0 Å². The van der Waals surface area contributed by atoms with Gasteiger partial charge in [0.05, 0.1) is 5.92 Å². The Labute approximate surface area is 72.9 Å². The average molecular weight is 168 g/mol. The van der Waals surface area contributed by atoms with Crippen LogP contribution in [0.3, 0.4) is 0 Å². The first kappa shape index (κ1) is 8.05. The zero-order valence-electron chi connectivity index (χ0n) is 7.52. The number of rotatable bonds is 2. The van der Waals surface area contributed by atoms with E-state index in [0.29, 0.717) is 0 Å². The molecule has 1 saturated carbocycles. The summed E-state index contributed by atoms with van der Waals surface area (Å²) in [5.41, 5.74) is 0.152. The molecule has 0 bridgehead atoms. The van der Waals surface area contributed by atoms with Gasteiger partial charge in [0, 0.05) is 12.1 Å². The Morgan fingerprint density at radius 2 is 2.33 bits per heavy atom. The smallest absolute Gasteiger partial charge is 0.224 e. The molecule has 1 heterocycles. The first-order valence-electron chi connectivity index (χ1n) is 4.72. The van der Waals surface area contributed by atoms with Gasteiger partial charge in [0.1, 0.15) is 0 Å². The SMILES string of the molecule is CC1(NC(=O)[C@H]2CCNC2)CC1. The van der Waals surface area contributed by atoms with E-state index in [0.717, 1.165) is 32.4 Å². The van der Waals surface area contributed by atoms with Crippen LogP contribution in [0.25, 0.3) is 0 Å². The van der Waals surface area contributed by atoms with Gasteiger partial charge in [-0.25, -0.2) is 0 Å². The quantitative estimate of drug-likeness (QED) is 0.621. The van der Waals surface area contributed by atoms with Gasteiger partial charge in [-0.1, -0.05) is 0 Å². The lowest BCUT2D eigenvalue weighted by molar-refractivity contribution is -0.125. The molecule has 2 fully saturated rings. The summed E-state index contributed by atoms with van der Waals surface area (Å²) in [5.74, 6) is 0.474. The van der Waals surface area contributed by atoms with Crippen molar-refractivity contribution in [3.63, 3.8) is 0 Å². The van der Waals surface area contributed by atoms with Gasteiger partial charge in [0.2, 0.25) is 5.91 Å². The number of hydrogen-bond acceptors (Lipinski definition) is 2. The molecule has 1 saturated heterocycles. The highest BCUT2D eigenvalue weighted by Gasteiger charge is 2.40. The van der Waals surface area contributed by atoms with Crippen molar-refractivity contribution in [1.29, 1.82) is 0 Å². The zero-order chi connectivity index (χ0) is 8.60. The molecule has 0 aromatic carbocycles. The molecular weight excluding hydrogens is 152 g/mol. The predicted octanol–water partition coefficient (Wildman–Crippen LogP) is 0.265. The fourth-order valence-corrected chi connectivity index (χ4v) is 1.59. The van der Waals surface area contributed by atoms with E-state index in [9.17, 15) is 4.79 Å². The molecule has 0 aromatic rings. The molecule has 2 aliphatic rings. The third-order valence-corrected chi connectivity index (χ3v) is 2.86. The highest BCUT2D eigenvalue weighted by atomic mass is 16.2. The summed E-state index contributed by atoms with van der Waals surface area (Å²) in [6.45, 7) is 3.98. The maximum absolute atomic E-state index is 11.5. The van der Waals surface area contributed by atoms with Crippen LogP contribution in [0.1, 0.15) is 26.2 Å². The van der Waals surface area contributed by atoms with Crippen LogP contribution in [0, 0.1) is 5.92 Å². The number of nitrogens with one attached hydrogen (secondary N) is 2. The highest BCUT2D eigenvalue weighted by molar-refractivity contribution is 5.80. The van der Waals surface area contributed by atoms with Gasteiger partial charge in [0.15, 0.2) is 0 Å². The van der Waals surface area contributed by atoms with Crippen LogP contribution >= 0.6 is 0 Å². The molecule has 1 amide bonds. The fraction of sp³-hybridized carbons (Fsp3) is 0.889. The van der Waals surface area contributed by atoms with Gasteiger partial charge in [-0.3, -0.25) is 4.79 Å². The summed E-state index contributed by atoms with van der Waals surface area (Å²) in [4.78, 5) is 11.5. The predicted molar refractivity (Wildman–Crippen MR) is 46.8 cm³/mol. The molecule has 0 radical (unpaired) electrons. The Bertz CT molecular complexity index is 193. The van der Waals surface area contributed by atoms with Crippen molar-refractivity contribution in [2.24, 2.45) is 5.92 Å². The normalized spacial score (nSPS) is 31.6. The van der Waals surface area contributed by atoms with E-state index in [2.05, 4.69) is 17.6 Å². The lowest BCUT2D eigenvalue weighted by atomic mass is 10.1. The van der Waals surface area contributed by atoms with Crippen LogP contribution in [0.2, 0.25) is 0 Å². The van der Waals surface area contributed by atoms with Gasteiger partial charge >= 0.3 is 0 Å². The minimum absolute atomic E-state index is 0.152. The van der Waals surface area contributed by atoms with Crippen molar-refractivity contribution in [3.8, 4) is 0 Å². The second-order valence-corrected chi connectivity index (χ2v) is 4.24. The Kier molecular flexibility index (Phi) is 1.83. The monoisotopic (exact) mass is 168 g/mol. The van der Waals surface area contributed by atoms with Crippen molar-refractivity contribution in [2.75, 3.05) is 13.1 Å². The molecule has 1 atom stereocenters. The molecule has 0 spiro atoms. The Balaban J connectivity index is 1.83. The Morgan fingerprint density at radius 1 is 1.58 bits per heavy atom. The summed E-state index contributed by atoms with van der Waals surface area (Å²) in [5, 5.41) is 6.29. The van der Waals surface area contributed by atoms with Crippen LogP contribution in [0.4, 0.5) is 0 Å². The molecule has 68 valence electrons. The molecule has 2 rings (SSSR count). The van der Waals surface area contributed by atoms with E-state index in [1.807, 2.05) is 0 Å². The van der Waals surface area contributed by atoms with E-state index in [-0.39, 0.29) is 17.4 Å². The highest BCUT2D eigenvalue weighted by Crippen LogP contribution is 2.34. The third kappa shape index (κ3) is 1.61. The number of hydrogen-bond donors (Lipinski definition) is 2. The van der Waals surface area contributed by atoms with E-state index in [1.54, 1.807) is 0 Å². The molecule has 2 N–H and O–H groups in total. The number of carbonyl (C=O) groups is 1. The molecule has 1 aliphatic heterocycles. The number of amides is 1. The van der Waals surface area contributed by atoms with E-state index >= 15 is 0 Å². The first-order chi connectivity index (χ1) is 5.70. The summed E-state index contributed by atoms with van der Waals surface area (Å²) >= 11 is 0. The second kappa shape index (κ2) is 2.73. The van der Waals surface area contributed by atoms with Crippen LogP contribution in [-0.4, -0.2) is 24.5 Å².